The molecule has 0 bridgehead atoms. The number of rotatable bonds is 4. The number of hydrogen-bond donors (Lipinski definition) is 1. The van der Waals surface area contributed by atoms with Gasteiger partial charge in [-0.15, -0.1) is 0 Å². The minimum absolute atomic E-state index is 0.0719. The van der Waals surface area contributed by atoms with Crippen LogP contribution >= 0.6 is 11.6 Å². The van der Waals surface area contributed by atoms with E-state index in [0.717, 1.165) is 0 Å². The van der Waals surface area contributed by atoms with E-state index in [9.17, 15) is 9.50 Å². The molecule has 1 unspecified atom stereocenters. The molecule has 14 heavy (non-hydrogen) atoms. The van der Waals surface area contributed by atoms with Gasteiger partial charge in [0.05, 0.1) is 17.7 Å². The van der Waals surface area contributed by atoms with Crippen molar-refractivity contribution in [2.75, 3.05) is 13.7 Å². The third-order valence-electron chi connectivity index (χ3n) is 1.85. The Hall–Kier alpha value is -0.640. The molecule has 0 heterocycles. The molecule has 0 amide bonds. The van der Waals surface area contributed by atoms with Gasteiger partial charge in [0.1, 0.15) is 5.82 Å². The Morgan fingerprint density at radius 2 is 2.29 bits per heavy atom. The van der Waals surface area contributed by atoms with E-state index < -0.39 is 11.9 Å². The van der Waals surface area contributed by atoms with E-state index in [0.29, 0.717) is 12.0 Å². The maximum absolute atomic E-state index is 13.0. The van der Waals surface area contributed by atoms with Crippen molar-refractivity contribution in [3.63, 3.8) is 0 Å². The molecule has 0 aliphatic carbocycles. The molecule has 0 spiro atoms. The van der Waals surface area contributed by atoms with Crippen molar-refractivity contribution in [2.45, 2.75) is 12.5 Å². The van der Waals surface area contributed by atoms with Gasteiger partial charge in [-0.1, -0.05) is 23.7 Å². The van der Waals surface area contributed by atoms with Crippen LogP contribution in [0.15, 0.2) is 18.2 Å². The smallest absolute Gasteiger partial charge is 0.142 e. The van der Waals surface area contributed by atoms with Crippen LogP contribution in [0.4, 0.5) is 4.39 Å². The van der Waals surface area contributed by atoms with Gasteiger partial charge in [-0.05, 0) is 11.6 Å². The summed E-state index contributed by atoms with van der Waals surface area (Å²) in [4.78, 5) is 0. The second-order valence-electron chi connectivity index (χ2n) is 3.03. The van der Waals surface area contributed by atoms with E-state index in [1.807, 2.05) is 0 Å². The predicted molar refractivity (Wildman–Crippen MR) is 53.0 cm³/mol. The summed E-state index contributed by atoms with van der Waals surface area (Å²) in [6.07, 6.45) is -0.357. The Kier molecular flexibility index (Phi) is 4.32. The number of aliphatic hydroxyl groups excluding tert-OH is 1. The maximum atomic E-state index is 13.0. The predicted octanol–water partition coefficient (Wildman–Crippen LogP) is 2.03. The highest BCUT2D eigenvalue weighted by atomic mass is 35.5. The lowest BCUT2D eigenvalue weighted by atomic mass is 10.1. The highest BCUT2D eigenvalue weighted by molar-refractivity contribution is 6.31. The van der Waals surface area contributed by atoms with Crippen LogP contribution < -0.4 is 0 Å². The molecule has 1 atom stereocenters. The minimum Gasteiger partial charge on any atom is -0.390 e. The number of halogens is 2. The molecular formula is C10H12ClFO2. The number of methoxy groups -OCH3 is 1. The standard InChI is InChI=1S/C10H12ClFO2/c1-14-6-8(13)5-7-3-2-4-9(12)10(7)11/h2-4,8,13H,5-6H2,1H3. The third kappa shape index (κ3) is 2.94. The minimum atomic E-state index is -0.653. The van der Waals surface area contributed by atoms with Gasteiger partial charge in [-0.3, -0.25) is 0 Å². The average Bonchev–Trinajstić information content (AvgIpc) is 2.13. The highest BCUT2D eigenvalue weighted by Crippen LogP contribution is 2.20. The molecule has 1 N–H and O–H groups in total. The van der Waals surface area contributed by atoms with Gasteiger partial charge in [0.2, 0.25) is 0 Å². The quantitative estimate of drug-likeness (QED) is 0.838. The van der Waals surface area contributed by atoms with Crippen LogP contribution in [-0.4, -0.2) is 24.9 Å². The molecule has 0 aliphatic rings. The molecule has 4 heteroatoms. The molecule has 0 aromatic heterocycles. The Morgan fingerprint density at radius 3 is 2.93 bits per heavy atom. The monoisotopic (exact) mass is 218 g/mol. The normalized spacial score (nSPS) is 12.9. The molecule has 1 aromatic carbocycles. The first-order valence-electron chi connectivity index (χ1n) is 4.25. The molecule has 0 radical (unpaired) electrons. The maximum Gasteiger partial charge on any atom is 0.142 e. The second-order valence-corrected chi connectivity index (χ2v) is 3.40. The van der Waals surface area contributed by atoms with Crippen molar-refractivity contribution in [2.24, 2.45) is 0 Å². The van der Waals surface area contributed by atoms with Crippen molar-refractivity contribution >= 4 is 11.6 Å². The molecule has 78 valence electrons. The van der Waals surface area contributed by atoms with Crippen molar-refractivity contribution < 1.29 is 14.2 Å². The van der Waals surface area contributed by atoms with Gasteiger partial charge >= 0.3 is 0 Å². The SMILES string of the molecule is COCC(O)Cc1cccc(F)c1Cl. The summed E-state index contributed by atoms with van der Waals surface area (Å²) in [5.41, 5.74) is 0.594. The lowest BCUT2D eigenvalue weighted by Gasteiger charge is -2.10. The van der Waals surface area contributed by atoms with Crippen LogP contribution in [-0.2, 0) is 11.2 Å². The summed E-state index contributed by atoms with van der Waals surface area (Å²) in [6, 6.07) is 4.54. The van der Waals surface area contributed by atoms with Crippen LogP contribution in [0.3, 0.4) is 0 Å². The highest BCUT2D eigenvalue weighted by Gasteiger charge is 2.10. The second kappa shape index (κ2) is 5.29. The lowest BCUT2D eigenvalue weighted by Crippen LogP contribution is -2.17. The van der Waals surface area contributed by atoms with Gasteiger partial charge in [0.15, 0.2) is 0 Å². The lowest BCUT2D eigenvalue weighted by molar-refractivity contribution is 0.0650. The van der Waals surface area contributed by atoms with Crippen molar-refractivity contribution in [1.82, 2.24) is 0 Å². The van der Waals surface area contributed by atoms with E-state index in [-0.39, 0.29) is 11.6 Å². The fraction of sp³-hybridized carbons (Fsp3) is 0.400. The summed E-state index contributed by atoms with van der Waals surface area (Å²) >= 11 is 5.71. The van der Waals surface area contributed by atoms with E-state index >= 15 is 0 Å². The number of aliphatic hydroxyl groups is 1. The molecule has 1 aromatic rings. The molecule has 1 rings (SSSR count). The molecule has 0 saturated heterocycles. The van der Waals surface area contributed by atoms with E-state index in [4.69, 9.17) is 16.3 Å². The molecule has 2 nitrogen and oxygen atoms in total. The van der Waals surface area contributed by atoms with Crippen molar-refractivity contribution in [3.8, 4) is 0 Å². The summed E-state index contributed by atoms with van der Waals surface area (Å²) in [7, 11) is 1.50. The van der Waals surface area contributed by atoms with Gasteiger partial charge in [-0.25, -0.2) is 4.39 Å². The first-order valence-corrected chi connectivity index (χ1v) is 4.63. The van der Waals surface area contributed by atoms with E-state index in [1.54, 1.807) is 12.1 Å². The zero-order valence-corrected chi connectivity index (χ0v) is 8.59. The van der Waals surface area contributed by atoms with Crippen LogP contribution in [0, 0.1) is 5.82 Å². The van der Waals surface area contributed by atoms with E-state index in [2.05, 4.69) is 0 Å². The van der Waals surface area contributed by atoms with Gasteiger partial charge in [-0.2, -0.15) is 0 Å². The average molecular weight is 219 g/mol. The topological polar surface area (TPSA) is 29.5 Å². The van der Waals surface area contributed by atoms with Crippen LogP contribution in [0.5, 0.6) is 0 Å². The van der Waals surface area contributed by atoms with Crippen LogP contribution in [0.25, 0.3) is 0 Å². The van der Waals surface area contributed by atoms with Gasteiger partial charge in [0.25, 0.3) is 0 Å². The summed E-state index contributed by atoms with van der Waals surface area (Å²) in [6.45, 7) is 0.215. The van der Waals surface area contributed by atoms with Crippen LogP contribution in [0.2, 0.25) is 5.02 Å². The molecular weight excluding hydrogens is 207 g/mol. The largest absolute Gasteiger partial charge is 0.390 e. The van der Waals surface area contributed by atoms with Crippen molar-refractivity contribution in [3.05, 3.63) is 34.6 Å². The zero-order valence-electron chi connectivity index (χ0n) is 7.84. The third-order valence-corrected chi connectivity index (χ3v) is 2.27. The Balaban J connectivity index is 2.71. The number of hydrogen-bond acceptors (Lipinski definition) is 2. The van der Waals surface area contributed by atoms with Gasteiger partial charge < -0.3 is 9.84 Å². The Bertz CT molecular complexity index is 304. The van der Waals surface area contributed by atoms with E-state index in [1.165, 1.54) is 13.2 Å². The van der Waals surface area contributed by atoms with Crippen LogP contribution in [0.1, 0.15) is 5.56 Å². The fourth-order valence-electron chi connectivity index (χ4n) is 1.21. The summed E-state index contributed by atoms with van der Waals surface area (Å²) in [5, 5.41) is 9.48. The summed E-state index contributed by atoms with van der Waals surface area (Å²) in [5.74, 6) is -0.464. The number of benzene rings is 1. The Morgan fingerprint density at radius 1 is 1.57 bits per heavy atom. The first kappa shape index (κ1) is 11.4. The molecule has 0 fully saturated rings. The molecule has 0 saturated carbocycles. The Labute approximate surface area is 87.3 Å². The molecule has 0 aliphatic heterocycles. The number of ether oxygens (including phenoxy) is 1. The van der Waals surface area contributed by atoms with Gasteiger partial charge in [0, 0.05) is 13.5 Å². The fourth-order valence-corrected chi connectivity index (χ4v) is 1.41. The zero-order chi connectivity index (χ0) is 10.6. The summed E-state index contributed by atoms with van der Waals surface area (Å²) < 4.78 is 17.7. The van der Waals surface area contributed by atoms with Crippen molar-refractivity contribution in [1.29, 1.82) is 0 Å². The first-order chi connectivity index (χ1) is 6.65.